The molecule has 0 heterocycles. The molecule has 0 atom stereocenters. The Balaban J connectivity index is 3.11. The van der Waals surface area contributed by atoms with Crippen LogP contribution in [0.1, 0.15) is 5.56 Å². The molecule has 1 rings (SSSR count). The average molecular weight is 169 g/mol. The van der Waals surface area contributed by atoms with Crippen molar-refractivity contribution in [2.75, 3.05) is 0 Å². The third-order valence-electron chi connectivity index (χ3n) is 1.38. The second kappa shape index (κ2) is 3.08. The summed E-state index contributed by atoms with van der Waals surface area (Å²) in [6, 6.07) is 2.33. The maximum atomic E-state index is 9.81. The van der Waals surface area contributed by atoms with Crippen LogP contribution < -0.4 is 0 Å². The summed E-state index contributed by atoms with van der Waals surface area (Å²) >= 11 is 0. The second-order valence-electron chi connectivity index (χ2n) is 2.27. The Kier molecular flexibility index (Phi) is 2.14. The van der Waals surface area contributed by atoms with Gasteiger partial charge in [0.15, 0.2) is 17.2 Å². The first-order valence-electron chi connectivity index (χ1n) is 3.18. The molecule has 0 aromatic heterocycles. The Morgan fingerprint density at radius 2 is 1.67 bits per heavy atom. The van der Waals surface area contributed by atoms with Crippen LogP contribution in [0.2, 0.25) is 0 Å². The molecule has 0 fully saturated rings. The van der Waals surface area contributed by atoms with Gasteiger partial charge in [-0.05, 0) is 17.7 Å². The first kappa shape index (κ1) is 8.32. The number of nitrogens with zero attached hydrogens (tertiary/aromatic N) is 1. The first-order chi connectivity index (χ1) is 5.65. The number of phenolic OH excluding ortho intramolecular Hbond substituents is 3. The third-order valence-corrected chi connectivity index (χ3v) is 1.38. The van der Waals surface area contributed by atoms with E-state index in [0.29, 0.717) is 5.56 Å². The van der Waals surface area contributed by atoms with Gasteiger partial charge in [0.1, 0.15) is 6.54 Å². The molecular formula is C7H7NO4. The van der Waals surface area contributed by atoms with E-state index in [2.05, 4.69) is 5.18 Å². The fraction of sp³-hybridized carbons (Fsp3) is 0.143. The summed E-state index contributed by atoms with van der Waals surface area (Å²) in [4.78, 5) is 9.81. The summed E-state index contributed by atoms with van der Waals surface area (Å²) < 4.78 is 0. The van der Waals surface area contributed by atoms with Crippen LogP contribution >= 0.6 is 0 Å². The predicted octanol–water partition coefficient (Wildman–Crippen LogP) is 1.07. The highest BCUT2D eigenvalue weighted by molar-refractivity contribution is 5.50. The van der Waals surface area contributed by atoms with Crippen LogP contribution in [-0.2, 0) is 6.54 Å². The van der Waals surface area contributed by atoms with Gasteiger partial charge >= 0.3 is 0 Å². The monoisotopic (exact) mass is 169 g/mol. The maximum Gasteiger partial charge on any atom is 0.200 e. The van der Waals surface area contributed by atoms with E-state index in [4.69, 9.17) is 15.3 Å². The van der Waals surface area contributed by atoms with Crippen LogP contribution in [-0.4, -0.2) is 15.3 Å². The van der Waals surface area contributed by atoms with E-state index in [1.807, 2.05) is 0 Å². The van der Waals surface area contributed by atoms with Gasteiger partial charge in [0.25, 0.3) is 0 Å². The lowest BCUT2D eigenvalue weighted by Crippen LogP contribution is -1.80. The molecule has 64 valence electrons. The fourth-order valence-corrected chi connectivity index (χ4v) is 0.827. The molecule has 0 spiro atoms. The van der Waals surface area contributed by atoms with Gasteiger partial charge in [-0.2, -0.15) is 4.91 Å². The van der Waals surface area contributed by atoms with Gasteiger partial charge < -0.3 is 15.3 Å². The maximum absolute atomic E-state index is 9.81. The van der Waals surface area contributed by atoms with Crippen molar-refractivity contribution in [3.8, 4) is 17.2 Å². The zero-order valence-electron chi connectivity index (χ0n) is 6.06. The molecule has 5 nitrogen and oxygen atoms in total. The van der Waals surface area contributed by atoms with Crippen molar-refractivity contribution in [1.29, 1.82) is 0 Å². The standard InChI is InChI=1S/C7H7NO4/c9-5-1-4(3-8-12)2-6(10)7(5)11/h1-2,9-11H,3H2. The molecule has 5 heteroatoms. The van der Waals surface area contributed by atoms with Crippen LogP contribution in [0, 0.1) is 4.91 Å². The highest BCUT2D eigenvalue weighted by Gasteiger charge is 2.07. The average Bonchev–Trinajstić information content (AvgIpc) is 2.01. The van der Waals surface area contributed by atoms with E-state index in [0.717, 1.165) is 12.1 Å². The highest BCUT2D eigenvalue weighted by atomic mass is 16.3. The van der Waals surface area contributed by atoms with Gasteiger partial charge in [-0.25, -0.2) is 0 Å². The number of phenols is 3. The number of aromatic hydroxyl groups is 3. The molecule has 3 N–H and O–H groups in total. The Morgan fingerprint density at radius 3 is 2.08 bits per heavy atom. The number of benzene rings is 1. The molecule has 0 saturated heterocycles. The van der Waals surface area contributed by atoms with Crippen LogP contribution in [0.5, 0.6) is 17.2 Å². The smallest absolute Gasteiger partial charge is 0.200 e. The van der Waals surface area contributed by atoms with Gasteiger partial charge in [0, 0.05) is 0 Å². The van der Waals surface area contributed by atoms with Crippen LogP contribution in [0.25, 0.3) is 0 Å². The normalized spacial score (nSPS) is 9.67. The minimum Gasteiger partial charge on any atom is -0.504 e. The van der Waals surface area contributed by atoms with Gasteiger partial charge in [0.05, 0.1) is 0 Å². The van der Waals surface area contributed by atoms with Gasteiger partial charge in [0.2, 0.25) is 0 Å². The SMILES string of the molecule is O=NCc1cc(O)c(O)c(O)c1. The molecular weight excluding hydrogens is 162 g/mol. The van der Waals surface area contributed by atoms with Gasteiger partial charge in [-0.3, -0.25) is 0 Å². The minimum atomic E-state index is -0.593. The number of nitroso groups, excluding NO2 is 1. The summed E-state index contributed by atoms with van der Waals surface area (Å²) in [6.45, 7) is -0.151. The molecule has 0 aliphatic heterocycles. The van der Waals surface area contributed by atoms with Crippen molar-refractivity contribution in [2.24, 2.45) is 5.18 Å². The van der Waals surface area contributed by atoms with Gasteiger partial charge in [-0.15, -0.1) is 0 Å². The van der Waals surface area contributed by atoms with Crippen LogP contribution in [0.4, 0.5) is 0 Å². The first-order valence-corrected chi connectivity index (χ1v) is 3.18. The molecule has 12 heavy (non-hydrogen) atoms. The van der Waals surface area contributed by atoms with Crippen LogP contribution in [0.3, 0.4) is 0 Å². The molecule has 0 amide bonds. The highest BCUT2D eigenvalue weighted by Crippen LogP contribution is 2.35. The van der Waals surface area contributed by atoms with Crippen molar-refractivity contribution in [2.45, 2.75) is 6.54 Å². The third kappa shape index (κ3) is 1.45. The number of rotatable bonds is 2. The van der Waals surface area contributed by atoms with Crippen molar-refractivity contribution in [1.82, 2.24) is 0 Å². The van der Waals surface area contributed by atoms with E-state index in [9.17, 15) is 4.91 Å². The summed E-state index contributed by atoms with van der Waals surface area (Å²) in [5.41, 5.74) is 0.345. The number of hydrogen-bond donors (Lipinski definition) is 3. The fourth-order valence-electron chi connectivity index (χ4n) is 0.827. The van der Waals surface area contributed by atoms with E-state index in [1.165, 1.54) is 0 Å². The molecule has 1 aromatic rings. The zero-order chi connectivity index (χ0) is 9.14. The van der Waals surface area contributed by atoms with Gasteiger partial charge in [-0.1, -0.05) is 5.18 Å². The van der Waals surface area contributed by atoms with E-state index in [-0.39, 0.29) is 6.54 Å². The Hall–Kier alpha value is -1.78. The molecule has 0 aliphatic carbocycles. The molecule has 0 unspecified atom stereocenters. The van der Waals surface area contributed by atoms with E-state index in [1.54, 1.807) is 0 Å². The Bertz CT molecular complexity index is 287. The van der Waals surface area contributed by atoms with Crippen molar-refractivity contribution in [3.63, 3.8) is 0 Å². The van der Waals surface area contributed by atoms with E-state index < -0.39 is 17.2 Å². The van der Waals surface area contributed by atoms with E-state index >= 15 is 0 Å². The van der Waals surface area contributed by atoms with Crippen molar-refractivity contribution >= 4 is 0 Å². The Labute approximate surface area is 67.9 Å². The molecule has 0 saturated carbocycles. The summed E-state index contributed by atoms with van der Waals surface area (Å²) in [5.74, 6) is -1.52. The molecule has 0 aliphatic rings. The lowest BCUT2D eigenvalue weighted by Gasteiger charge is -2.01. The lowest BCUT2D eigenvalue weighted by molar-refractivity contribution is 0.367. The molecule has 0 radical (unpaired) electrons. The largest absolute Gasteiger partial charge is 0.504 e. The molecule has 0 bridgehead atoms. The van der Waals surface area contributed by atoms with Crippen molar-refractivity contribution in [3.05, 3.63) is 22.6 Å². The summed E-state index contributed by atoms with van der Waals surface area (Å²) in [6.07, 6.45) is 0. The van der Waals surface area contributed by atoms with Crippen molar-refractivity contribution < 1.29 is 15.3 Å². The quantitative estimate of drug-likeness (QED) is 0.456. The van der Waals surface area contributed by atoms with Crippen LogP contribution in [0.15, 0.2) is 17.3 Å². The lowest BCUT2D eigenvalue weighted by atomic mass is 10.2. The zero-order valence-corrected chi connectivity index (χ0v) is 6.06. The Morgan fingerprint density at radius 1 is 1.17 bits per heavy atom. The predicted molar refractivity (Wildman–Crippen MR) is 40.9 cm³/mol. The summed E-state index contributed by atoms with van der Waals surface area (Å²) in [7, 11) is 0. The summed E-state index contributed by atoms with van der Waals surface area (Å²) in [5, 5.41) is 29.4. The minimum absolute atomic E-state index is 0.151. The number of hydrogen-bond acceptors (Lipinski definition) is 5. The topological polar surface area (TPSA) is 90.1 Å². The second-order valence-corrected chi connectivity index (χ2v) is 2.27. The molecule has 1 aromatic carbocycles.